The molecule has 1 fully saturated rings. The summed E-state index contributed by atoms with van der Waals surface area (Å²) >= 11 is 0. The summed E-state index contributed by atoms with van der Waals surface area (Å²) in [6.07, 6.45) is 0. The number of halogens is 1. The van der Waals surface area contributed by atoms with Crippen LogP contribution in [0.25, 0.3) is 0 Å². The molecule has 0 bridgehead atoms. The Morgan fingerprint density at radius 2 is 2.05 bits per heavy atom. The van der Waals surface area contributed by atoms with Gasteiger partial charge in [-0.25, -0.2) is 12.8 Å². The van der Waals surface area contributed by atoms with Gasteiger partial charge in [0, 0.05) is 19.1 Å². The molecule has 1 aromatic carbocycles. The molecule has 2 unspecified atom stereocenters. The lowest BCUT2D eigenvalue weighted by Crippen LogP contribution is -2.35. The zero-order valence-electron chi connectivity index (χ0n) is 12.2. The smallest absolute Gasteiger partial charge is 0.243 e. The van der Waals surface area contributed by atoms with Gasteiger partial charge in [-0.1, -0.05) is 6.92 Å². The highest BCUT2D eigenvalue weighted by atomic mass is 32.2. The molecule has 1 aliphatic rings. The minimum absolute atomic E-state index is 0.0351. The summed E-state index contributed by atoms with van der Waals surface area (Å²) < 4.78 is 39.9. The van der Waals surface area contributed by atoms with Crippen LogP contribution in [0.3, 0.4) is 0 Å². The number of hydrogen-bond donors (Lipinski definition) is 0. The summed E-state index contributed by atoms with van der Waals surface area (Å²) in [6, 6.07) is 5.14. The third-order valence-electron chi connectivity index (χ3n) is 3.90. The van der Waals surface area contributed by atoms with Crippen molar-refractivity contribution in [2.75, 3.05) is 27.2 Å². The zero-order chi connectivity index (χ0) is 15.8. The molecule has 0 amide bonds. The third-order valence-corrected chi connectivity index (χ3v) is 5.73. The van der Waals surface area contributed by atoms with Crippen molar-refractivity contribution in [1.29, 1.82) is 5.26 Å². The fourth-order valence-electron chi connectivity index (χ4n) is 2.67. The Balaban J connectivity index is 2.34. The molecule has 114 valence electrons. The Morgan fingerprint density at radius 3 is 2.57 bits per heavy atom. The maximum Gasteiger partial charge on any atom is 0.243 e. The van der Waals surface area contributed by atoms with E-state index in [0.29, 0.717) is 13.1 Å². The predicted molar refractivity (Wildman–Crippen MR) is 76.5 cm³/mol. The lowest BCUT2D eigenvalue weighted by Gasteiger charge is -2.22. The fraction of sp³-hybridized carbons (Fsp3) is 0.500. The first-order valence-electron chi connectivity index (χ1n) is 6.63. The van der Waals surface area contributed by atoms with Crippen molar-refractivity contribution in [3.05, 3.63) is 29.6 Å². The normalized spacial score (nSPS) is 23.4. The number of benzene rings is 1. The van der Waals surface area contributed by atoms with E-state index in [1.54, 1.807) is 6.07 Å². The van der Waals surface area contributed by atoms with E-state index in [1.807, 2.05) is 25.9 Å². The van der Waals surface area contributed by atoms with Crippen molar-refractivity contribution in [3.63, 3.8) is 0 Å². The summed E-state index contributed by atoms with van der Waals surface area (Å²) in [4.78, 5) is 1.97. The zero-order valence-corrected chi connectivity index (χ0v) is 13.1. The molecule has 2 rings (SSSR count). The molecule has 21 heavy (non-hydrogen) atoms. The summed E-state index contributed by atoms with van der Waals surface area (Å²) in [7, 11) is 0.141. The van der Waals surface area contributed by atoms with E-state index in [9.17, 15) is 12.8 Å². The second-order valence-corrected chi connectivity index (χ2v) is 7.52. The lowest BCUT2D eigenvalue weighted by molar-refractivity contribution is 0.263. The molecule has 1 aliphatic heterocycles. The molecule has 1 aromatic rings. The van der Waals surface area contributed by atoms with Gasteiger partial charge >= 0.3 is 0 Å². The second-order valence-electron chi connectivity index (χ2n) is 5.58. The molecule has 0 aromatic heterocycles. The number of nitriles is 1. The predicted octanol–water partition coefficient (Wildman–Crippen LogP) is 1.27. The van der Waals surface area contributed by atoms with E-state index in [0.717, 1.165) is 12.1 Å². The van der Waals surface area contributed by atoms with Crippen LogP contribution in [0.4, 0.5) is 4.39 Å². The first kappa shape index (κ1) is 15.9. The van der Waals surface area contributed by atoms with Crippen LogP contribution in [0.15, 0.2) is 23.1 Å². The van der Waals surface area contributed by atoms with Gasteiger partial charge in [0.15, 0.2) is 0 Å². The summed E-state index contributed by atoms with van der Waals surface area (Å²) in [5, 5.41) is 8.83. The molecule has 2 atom stereocenters. The minimum atomic E-state index is -3.70. The van der Waals surface area contributed by atoms with Gasteiger partial charge in [-0.05, 0) is 38.2 Å². The molecular weight excluding hydrogens is 293 g/mol. The number of nitrogens with zero attached hydrogens (tertiary/aromatic N) is 3. The number of hydrogen-bond acceptors (Lipinski definition) is 4. The molecule has 0 aliphatic carbocycles. The van der Waals surface area contributed by atoms with Crippen LogP contribution in [-0.4, -0.2) is 50.8 Å². The van der Waals surface area contributed by atoms with Gasteiger partial charge in [0.05, 0.1) is 10.5 Å². The van der Waals surface area contributed by atoms with E-state index in [-0.39, 0.29) is 22.4 Å². The molecule has 5 nitrogen and oxygen atoms in total. The standard InChI is InChI=1S/C14H18FN3O2S/c1-10-8-18(9-14(10)17(2)3)21(19,20)12-4-5-13(15)11(6-12)7-16/h4-6,10,14H,8-9H2,1-3H3. The average Bonchev–Trinajstić information content (AvgIpc) is 2.82. The van der Waals surface area contributed by atoms with Crippen LogP contribution >= 0.6 is 0 Å². The molecule has 1 heterocycles. The lowest BCUT2D eigenvalue weighted by atomic mass is 10.1. The summed E-state index contributed by atoms with van der Waals surface area (Å²) in [5.41, 5.74) is -0.257. The molecule has 0 spiro atoms. The molecule has 0 saturated carbocycles. The summed E-state index contributed by atoms with van der Waals surface area (Å²) in [5.74, 6) is -0.497. The third kappa shape index (κ3) is 2.93. The molecule has 0 radical (unpaired) electrons. The maximum atomic E-state index is 13.3. The van der Waals surface area contributed by atoms with Crippen LogP contribution in [0.5, 0.6) is 0 Å². The van der Waals surface area contributed by atoms with Gasteiger partial charge in [-0.15, -0.1) is 0 Å². The number of rotatable bonds is 3. The largest absolute Gasteiger partial charge is 0.305 e. The number of likely N-dealkylation sites (N-methyl/N-ethyl adjacent to an activating group) is 1. The van der Waals surface area contributed by atoms with Gasteiger partial charge in [0.25, 0.3) is 0 Å². The minimum Gasteiger partial charge on any atom is -0.305 e. The highest BCUT2D eigenvalue weighted by Crippen LogP contribution is 2.27. The first-order valence-corrected chi connectivity index (χ1v) is 8.07. The SMILES string of the molecule is CC1CN(S(=O)(=O)c2ccc(F)c(C#N)c2)CC1N(C)C. The van der Waals surface area contributed by atoms with Gasteiger partial charge < -0.3 is 4.90 Å². The van der Waals surface area contributed by atoms with Crippen LogP contribution in [0, 0.1) is 23.1 Å². The van der Waals surface area contributed by atoms with Crippen molar-refractivity contribution in [2.45, 2.75) is 17.9 Å². The second kappa shape index (κ2) is 5.72. The van der Waals surface area contributed by atoms with E-state index in [4.69, 9.17) is 5.26 Å². The monoisotopic (exact) mass is 311 g/mol. The first-order chi connectivity index (χ1) is 9.77. The van der Waals surface area contributed by atoms with Crippen molar-refractivity contribution in [2.24, 2.45) is 5.92 Å². The molecule has 1 saturated heterocycles. The topological polar surface area (TPSA) is 64.4 Å². The van der Waals surface area contributed by atoms with Crippen molar-refractivity contribution in [3.8, 4) is 6.07 Å². The van der Waals surface area contributed by atoms with Crippen LogP contribution < -0.4 is 0 Å². The Bertz CT molecular complexity index is 682. The number of sulfonamides is 1. The van der Waals surface area contributed by atoms with Gasteiger partial charge in [-0.2, -0.15) is 9.57 Å². The van der Waals surface area contributed by atoms with E-state index in [1.165, 1.54) is 10.4 Å². The fourth-order valence-corrected chi connectivity index (χ4v) is 4.26. The van der Waals surface area contributed by atoms with Gasteiger partial charge in [0.1, 0.15) is 11.9 Å². The Kier molecular flexibility index (Phi) is 4.33. The Hall–Kier alpha value is -1.49. The Morgan fingerprint density at radius 1 is 1.38 bits per heavy atom. The van der Waals surface area contributed by atoms with E-state index in [2.05, 4.69) is 0 Å². The van der Waals surface area contributed by atoms with Crippen LogP contribution in [0.1, 0.15) is 12.5 Å². The summed E-state index contributed by atoms with van der Waals surface area (Å²) in [6.45, 7) is 2.83. The van der Waals surface area contributed by atoms with Crippen LogP contribution in [0.2, 0.25) is 0 Å². The van der Waals surface area contributed by atoms with Crippen LogP contribution in [-0.2, 0) is 10.0 Å². The van der Waals surface area contributed by atoms with E-state index >= 15 is 0 Å². The Labute approximate surface area is 124 Å². The molecule has 0 N–H and O–H groups in total. The average molecular weight is 311 g/mol. The van der Waals surface area contributed by atoms with Gasteiger partial charge in [-0.3, -0.25) is 0 Å². The quantitative estimate of drug-likeness (QED) is 0.843. The molecular formula is C14H18FN3O2S. The van der Waals surface area contributed by atoms with Crippen molar-refractivity contribution >= 4 is 10.0 Å². The van der Waals surface area contributed by atoms with Crippen molar-refractivity contribution < 1.29 is 12.8 Å². The van der Waals surface area contributed by atoms with E-state index < -0.39 is 15.8 Å². The molecule has 7 heteroatoms. The van der Waals surface area contributed by atoms with Crippen molar-refractivity contribution in [1.82, 2.24) is 9.21 Å². The van der Waals surface area contributed by atoms with Gasteiger partial charge in [0.2, 0.25) is 10.0 Å². The highest BCUT2D eigenvalue weighted by Gasteiger charge is 2.38. The maximum absolute atomic E-state index is 13.3. The highest BCUT2D eigenvalue weighted by molar-refractivity contribution is 7.89.